The summed E-state index contributed by atoms with van der Waals surface area (Å²) in [5.41, 5.74) is 5.36. The molecule has 0 saturated heterocycles. The third-order valence-electron chi connectivity index (χ3n) is 5.79. The Bertz CT molecular complexity index is 1560. The van der Waals surface area contributed by atoms with Gasteiger partial charge in [-0.15, -0.1) is 0 Å². The molecule has 0 aliphatic rings. The lowest BCUT2D eigenvalue weighted by molar-refractivity contribution is 0.246. The summed E-state index contributed by atoms with van der Waals surface area (Å²) < 4.78 is 15.8. The van der Waals surface area contributed by atoms with Crippen molar-refractivity contribution in [3.63, 3.8) is 0 Å². The summed E-state index contributed by atoms with van der Waals surface area (Å²) in [6, 6.07) is 16.7. The van der Waals surface area contributed by atoms with Gasteiger partial charge in [-0.3, -0.25) is 14.9 Å². The number of fused-ring (bicyclic) bond motifs is 1. The first-order valence-electron chi connectivity index (χ1n) is 10.6. The second kappa shape index (κ2) is 8.96. The normalized spacial score (nSPS) is 12.2. The average Bonchev–Trinajstić information content (AvgIpc) is 3.23. The standard InChI is InChI=1S/C26H20BrFN4O2/c1-15-8-18(4-6-29-15)26-22-11-16(2-3-23(22)30-31-26)17-5-7-32(25(34)12-17)24(14-33)19-9-20(27)13-21(28)10-19/h2-13,24,33H,14H2,1H3,(H,30,31)/t24-/m1/s1. The van der Waals surface area contributed by atoms with Crippen molar-refractivity contribution in [1.29, 1.82) is 0 Å². The van der Waals surface area contributed by atoms with Crippen LogP contribution in [0, 0.1) is 12.7 Å². The first-order chi connectivity index (χ1) is 16.4. The van der Waals surface area contributed by atoms with Crippen LogP contribution >= 0.6 is 15.9 Å². The maximum absolute atomic E-state index is 13.9. The highest BCUT2D eigenvalue weighted by Crippen LogP contribution is 2.30. The van der Waals surface area contributed by atoms with Crippen LogP contribution in [0.5, 0.6) is 0 Å². The molecular formula is C26H20BrFN4O2. The predicted octanol–water partition coefficient (Wildman–Crippen LogP) is 5.25. The van der Waals surface area contributed by atoms with E-state index in [-0.39, 0.29) is 12.2 Å². The molecule has 0 spiro atoms. The minimum atomic E-state index is -0.702. The fourth-order valence-corrected chi connectivity index (χ4v) is 4.64. The number of nitrogens with one attached hydrogen (secondary N) is 1. The van der Waals surface area contributed by atoms with Gasteiger partial charge in [0, 0.05) is 39.6 Å². The molecule has 2 N–H and O–H groups in total. The molecule has 0 unspecified atom stereocenters. The van der Waals surface area contributed by atoms with Crippen molar-refractivity contribution in [1.82, 2.24) is 19.7 Å². The Morgan fingerprint density at radius 2 is 1.88 bits per heavy atom. The van der Waals surface area contributed by atoms with Crippen molar-refractivity contribution in [2.24, 2.45) is 0 Å². The molecule has 0 amide bonds. The third kappa shape index (κ3) is 4.18. The molecule has 5 aromatic rings. The first-order valence-corrected chi connectivity index (χ1v) is 11.4. The zero-order valence-electron chi connectivity index (χ0n) is 18.2. The largest absolute Gasteiger partial charge is 0.394 e. The molecule has 1 atom stereocenters. The van der Waals surface area contributed by atoms with Gasteiger partial charge in [0.1, 0.15) is 11.5 Å². The number of hydrogen-bond donors (Lipinski definition) is 2. The highest BCUT2D eigenvalue weighted by Gasteiger charge is 2.17. The maximum Gasteiger partial charge on any atom is 0.251 e. The summed E-state index contributed by atoms with van der Waals surface area (Å²) in [6.07, 6.45) is 3.38. The van der Waals surface area contributed by atoms with Crippen LogP contribution in [0.4, 0.5) is 4.39 Å². The van der Waals surface area contributed by atoms with Gasteiger partial charge in [-0.25, -0.2) is 4.39 Å². The summed E-state index contributed by atoms with van der Waals surface area (Å²) >= 11 is 3.27. The van der Waals surface area contributed by atoms with Gasteiger partial charge in [-0.1, -0.05) is 22.0 Å². The molecule has 0 fully saturated rings. The van der Waals surface area contributed by atoms with Gasteiger partial charge in [0.15, 0.2) is 0 Å². The Hall–Kier alpha value is -3.62. The van der Waals surface area contributed by atoms with Crippen LogP contribution in [0.15, 0.2) is 82.3 Å². The van der Waals surface area contributed by atoms with Gasteiger partial charge in [0.2, 0.25) is 0 Å². The summed E-state index contributed by atoms with van der Waals surface area (Å²) in [7, 11) is 0. The van der Waals surface area contributed by atoms with E-state index >= 15 is 0 Å². The van der Waals surface area contributed by atoms with Crippen LogP contribution in [0.2, 0.25) is 0 Å². The number of pyridine rings is 2. The van der Waals surface area contributed by atoms with Crippen molar-refractivity contribution >= 4 is 26.8 Å². The lowest BCUT2D eigenvalue weighted by atomic mass is 10.0. The van der Waals surface area contributed by atoms with Crippen molar-refractivity contribution in [3.05, 3.63) is 105 Å². The lowest BCUT2D eigenvalue weighted by Gasteiger charge is -2.19. The smallest absolute Gasteiger partial charge is 0.251 e. The maximum atomic E-state index is 13.9. The van der Waals surface area contributed by atoms with Gasteiger partial charge in [0.05, 0.1) is 18.2 Å². The molecule has 0 aliphatic heterocycles. The van der Waals surface area contributed by atoms with E-state index in [4.69, 9.17) is 0 Å². The molecule has 0 bridgehead atoms. The minimum absolute atomic E-state index is 0.297. The number of aromatic amines is 1. The SMILES string of the molecule is Cc1cc(-c2n[nH]c3ccc(-c4ccn([C@H](CO)c5cc(F)cc(Br)c5)c(=O)c4)cc23)ccn1. The number of H-pyrrole nitrogens is 1. The van der Waals surface area contributed by atoms with E-state index in [1.807, 2.05) is 43.3 Å². The minimum Gasteiger partial charge on any atom is -0.394 e. The fourth-order valence-electron chi connectivity index (χ4n) is 4.15. The van der Waals surface area contributed by atoms with Crippen LogP contribution in [-0.4, -0.2) is 31.5 Å². The number of hydrogen-bond acceptors (Lipinski definition) is 4. The number of aliphatic hydroxyl groups is 1. The molecule has 0 saturated carbocycles. The van der Waals surface area contributed by atoms with Gasteiger partial charge < -0.3 is 9.67 Å². The molecule has 3 heterocycles. The number of benzene rings is 2. The monoisotopic (exact) mass is 518 g/mol. The lowest BCUT2D eigenvalue weighted by Crippen LogP contribution is -2.27. The molecule has 3 aromatic heterocycles. The first kappa shape index (κ1) is 22.2. The molecule has 2 aromatic carbocycles. The van der Waals surface area contributed by atoms with Crippen LogP contribution in [0.1, 0.15) is 17.3 Å². The number of rotatable bonds is 5. The van der Waals surface area contributed by atoms with E-state index in [0.29, 0.717) is 10.0 Å². The second-order valence-electron chi connectivity index (χ2n) is 8.08. The Morgan fingerprint density at radius 1 is 1.06 bits per heavy atom. The predicted molar refractivity (Wildman–Crippen MR) is 133 cm³/mol. The summed E-state index contributed by atoms with van der Waals surface area (Å²) in [5.74, 6) is -0.443. The van der Waals surface area contributed by atoms with Gasteiger partial charge >= 0.3 is 0 Å². The van der Waals surface area contributed by atoms with E-state index in [1.165, 1.54) is 22.8 Å². The highest BCUT2D eigenvalue weighted by molar-refractivity contribution is 9.10. The topological polar surface area (TPSA) is 83.8 Å². The number of aryl methyl sites for hydroxylation is 1. The Labute approximate surface area is 202 Å². The zero-order valence-corrected chi connectivity index (χ0v) is 19.8. The Balaban J connectivity index is 1.55. The Kier molecular flexibility index (Phi) is 5.85. The third-order valence-corrected chi connectivity index (χ3v) is 6.25. The van der Waals surface area contributed by atoms with Crippen LogP contribution in [-0.2, 0) is 0 Å². The molecule has 6 nitrogen and oxygen atoms in total. The van der Waals surface area contributed by atoms with Crippen molar-refractivity contribution in [2.75, 3.05) is 6.61 Å². The molecule has 170 valence electrons. The van der Waals surface area contributed by atoms with Gasteiger partial charge in [0.25, 0.3) is 5.56 Å². The summed E-state index contributed by atoms with van der Waals surface area (Å²) in [6.45, 7) is 1.59. The summed E-state index contributed by atoms with van der Waals surface area (Å²) in [5, 5.41) is 18.4. The van der Waals surface area contributed by atoms with E-state index < -0.39 is 11.9 Å². The quantitative estimate of drug-likeness (QED) is 0.333. The van der Waals surface area contributed by atoms with Crippen LogP contribution < -0.4 is 5.56 Å². The van der Waals surface area contributed by atoms with E-state index in [0.717, 1.165) is 39.0 Å². The number of aromatic nitrogens is 4. The van der Waals surface area contributed by atoms with Crippen molar-refractivity contribution in [2.45, 2.75) is 13.0 Å². The average molecular weight is 519 g/mol. The van der Waals surface area contributed by atoms with Crippen molar-refractivity contribution in [3.8, 4) is 22.4 Å². The van der Waals surface area contributed by atoms with E-state index in [9.17, 15) is 14.3 Å². The molecule has 8 heteroatoms. The Morgan fingerprint density at radius 3 is 2.62 bits per heavy atom. The van der Waals surface area contributed by atoms with Crippen molar-refractivity contribution < 1.29 is 9.50 Å². The molecule has 34 heavy (non-hydrogen) atoms. The molecule has 0 radical (unpaired) electrons. The van der Waals surface area contributed by atoms with Crippen LogP contribution in [0.25, 0.3) is 33.3 Å². The van der Waals surface area contributed by atoms with Gasteiger partial charge in [-0.05, 0) is 72.1 Å². The van der Waals surface area contributed by atoms with E-state index in [1.54, 1.807) is 18.5 Å². The van der Waals surface area contributed by atoms with Gasteiger partial charge in [-0.2, -0.15) is 5.10 Å². The van der Waals surface area contributed by atoms with Crippen LogP contribution in [0.3, 0.4) is 0 Å². The number of halogens is 2. The second-order valence-corrected chi connectivity index (χ2v) is 9.00. The number of aliphatic hydroxyl groups excluding tert-OH is 1. The summed E-state index contributed by atoms with van der Waals surface area (Å²) in [4.78, 5) is 17.3. The number of nitrogens with zero attached hydrogens (tertiary/aromatic N) is 3. The zero-order chi connectivity index (χ0) is 23.8. The molecular weight excluding hydrogens is 499 g/mol. The fraction of sp³-hybridized carbons (Fsp3) is 0.115. The highest BCUT2D eigenvalue weighted by atomic mass is 79.9. The molecule has 5 rings (SSSR count). The van der Waals surface area contributed by atoms with E-state index in [2.05, 4.69) is 31.1 Å². The molecule has 0 aliphatic carbocycles.